The quantitative estimate of drug-likeness (QED) is 0.0480. The zero-order valence-corrected chi connectivity index (χ0v) is 36.0. The van der Waals surface area contributed by atoms with Gasteiger partial charge in [-0.25, -0.2) is 18.0 Å². The van der Waals surface area contributed by atoms with E-state index in [0.717, 1.165) is 69.7 Å². The Balaban J connectivity index is 1.39. The van der Waals surface area contributed by atoms with Gasteiger partial charge in [-0.1, -0.05) is 32.6 Å². The first-order chi connectivity index (χ1) is 28.1. The summed E-state index contributed by atoms with van der Waals surface area (Å²) in [5.41, 5.74) is 3.09. The summed E-state index contributed by atoms with van der Waals surface area (Å²) in [7, 11) is 1.19. The van der Waals surface area contributed by atoms with Crippen LogP contribution >= 0.6 is 0 Å². The van der Waals surface area contributed by atoms with Crippen molar-refractivity contribution in [3.05, 3.63) is 40.4 Å². The molecule has 3 aliphatic rings. The number of rotatable bonds is 23. The molecular formula is C39H58BF2N7O10S. The summed E-state index contributed by atoms with van der Waals surface area (Å²) in [6.45, 7) is 0.152. The van der Waals surface area contributed by atoms with Gasteiger partial charge in [0.15, 0.2) is 5.70 Å². The lowest BCUT2D eigenvalue weighted by Gasteiger charge is -2.31. The third-order valence-corrected chi connectivity index (χ3v) is 11.2. The number of nitrogens with zero attached hydrogens (tertiary/aromatic N) is 4. The fourth-order valence-corrected chi connectivity index (χ4v) is 8.19. The second-order valence-corrected chi connectivity index (χ2v) is 18.0. The lowest BCUT2D eigenvalue weighted by atomic mass is 9.88. The highest BCUT2D eigenvalue weighted by Crippen LogP contribution is 2.39. The second-order valence-electron chi connectivity index (χ2n) is 16.6. The lowest BCUT2D eigenvalue weighted by Crippen LogP contribution is -2.54. The van der Waals surface area contributed by atoms with Gasteiger partial charge in [-0.3, -0.25) is 24.5 Å². The van der Waals surface area contributed by atoms with Crippen molar-refractivity contribution < 1.29 is 64.2 Å². The molecule has 4 heterocycles. The van der Waals surface area contributed by atoms with Crippen LogP contribution in [0.5, 0.6) is 0 Å². The van der Waals surface area contributed by atoms with Gasteiger partial charge in [-0.15, -0.1) is 5.06 Å². The molecule has 1 aromatic rings. The molecule has 3 N–H and O–H groups in total. The van der Waals surface area contributed by atoms with Crippen LogP contribution in [0.1, 0.15) is 114 Å². The van der Waals surface area contributed by atoms with Crippen molar-refractivity contribution >= 4 is 64.5 Å². The maximum absolute atomic E-state index is 16.7. The Hall–Kier alpha value is -4.76. The topological polar surface area (TPSA) is 216 Å². The number of fused-ring (bicyclic) bond motifs is 2. The van der Waals surface area contributed by atoms with Crippen LogP contribution in [0.4, 0.5) is 13.4 Å². The van der Waals surface area contributed by atoms with E-state index in [1.807, 2.05) is 22.8 Å². The summed E-state index contributed by atoms with van der Waals surface area (Å²) in [5.74, 6) is -5.43. The molecule has 0 radical (unpaired) electrons. The van der Waals surface area contributed by atoms with Crippen molar-refractivity contribution in [2.75, 3.05) is 40.0 Å². The molecule has 3 aliphatic heterocycles. The van der Waals surface area contributed by atoms with Crippen LogP contribution in [-0.2, 0) is 45.3 Å². The van der Waals surface area contributed by atoms with E-state index >= 15 is 8.63 Å². The number of hydroxylamine groups is 2. The van der Waals surface area contributed by atoms with Crippen molar-refractivity contribution in [2.45, 2.75) is 116 Å². The number of quaternary nitrogens is 1. The normalized spacial score (nSPS) is 16.6. The van der Waals surface area contributed by atoms with Gasteiger partial charge in [0.25, 0.3) is 11.8 Å². The van der Waals surface area contributed by atoms with Gasteiger partial charge in [-0.2, -0.15) is 0 Å². The van der Waals surface area contributed by atoms with Gasteiger partial charge >= 0.3 is 19.0 Å². The van der Waals surface area contributed by atoms with E-state index in [9.17, 15) is 41.7 Å². The fourth-order valence-electron chi connectivity index (χ4n) is 7.55. The predicted octanol–water partition coefficient (Wildman–Crippen LogP) is 3.18. The summed E-state index contributed by atoms with van der Waals surface area (Å²) >= 11 is 0. The number of amides is 6. The number of halogens is 2. The van der Waals surface area contributed by atoms with E-state index in [1.165, 1.54) is 0 Å². The first kappa shape index (κ1) is 47.9. The van der Waals surface area contributed by atoms with Crippen LogP contribution in [0.15, 0.2) is 23.4 Å². The first-order valence-electron chi connectivity index (χ1n) is 20.6. The van der Waals surface area contributed by atoms with Gasteiger partial charge in [0.2, 0.25) is 11.8 Å². The number of aryl methyl sites for hydroxylation is 2. The molecule has 0 saturated carbocycles. The average Bonchev–Trinajstić information content (AvgIpc) is 3.77. The molecule has 332 valence electrons. The molecule has 60 heavy (non-hydrogen) atoms. The van der Waals surface area contributed by atoms with E-state index in [0.29, 0.717) is 35.0 Å². The summed E-state index contributed by atoms with van der Waals surface area (Å²) in [6, 6.07) is -1.37. The average molecular weight is 866 g/mol. The highest BCUT2D eigenvalue weighted by molar-refractivity contribution is 7.85. The molecule has 1 atom stereocenters. The van der Waals surface area contributed by atoms with Crippen LogP contribution < -0.4 is 16.0 Å². The van der Waals surface area contributed by atoms with Crippen molar-refractivity contribution in [1.82, 2.24) is 25.5 Å². The Kier molecular flexibility index (Phi) is 16.5. The molecular weight excluding hydrogens is 807 g/mol. The maximum Gasteiger partial charge on any atom is 0.737 e. The molecule has 4 rings (SSSR count). The van der Waals surface area contributed by atoms with Crippen LogP contribution in [0.2, 0.25) is 0 Å². The number of imide groups is 2. The molecule has 1 saturated heterocycles. The second kappa shape index (κ2) is 20.7. The van der Waals surface area contributed by atoms with Crippen molar-refractivity contribution in [1.29, 1.82) is 0 Å². The van der Waals surface area contributed by atoms with Gasteiger partial charge in [0.05, 0.1) is 43.6 Å². The molecule has 6 amide bonds. The Bertz CT molecular complexity index is 2030. The molecule has 0 aliphatic carbocycles. The number of carbonyl (C=O) groups is 6. The van der Waals surface area contributed by atoms with E-state index in [4.69, 9.17) is 4.84 Å². The maximum atomic E-state index is 16.7. The number of hydrogen-bond donors (Lipinski definition) is 3. The zero-order valence-electron chi connectivity index (χ0n) is 35.2. The predicted molar refractivity (Wildman–Crippen MR) is 217 cm³/mol. The third kappa shape index (κ3) is 13.4. The van der Waals surface area contributed by atoms with Crippen molar-refractivity contribution in [2.24, 2.45) is 0 Å². The van der Waals surface area contributed by atoms with Gasteiger partial charge < -0.3 is 42.1 Å². The lowest BCUT2D eigenvalue weighted by molar-refractivity contribution is -0.870. The summed E-state index contributed by atoms with van der Waals surface area (Å²) in [6.07, 6.45) is 9.78. The zero-order chi connectivity index (χ0) is 44.4. The summed E-state index contributed by atoms with van der Waals surface area (Å²) < 4.78 is 71.0. The van der Waals surface area contributed by atoms with Crippen molar-refractivity contribution in [3.8, 4) is 0 Å². The van der Waals surface area contributed by atoms with Gasteiger partial charge in [-0.05, 0) is 56.4 Å². The number of allylic oxidation sites excluding steroid dienone is 2. The number of unbranched alkanes of at least 4 members (excludes halogenated alkanes) is 5. The SMILES string of the molecule is CCCCCCCC1=CC(CCC(=O)NC(=O)NC(CS(=O)(=O)[O-])C(=O)NCCCCC(=O)ON2C(=O)CCC2=O)=[N+]2C1=Cc1c(CCC[N+](C)(C)C)cc(C)n1[B-]2(F)F. The van der Waals surface area contributed by atoms with Gasteiger partial charge in [0, 0.05) is 68.5 Å². The number of carbonyl (C=O) groups excluding carboxylic acids is 6. The third-order valence-electron chi connectivity index (χ3n) is 10.5. The molecule has 17 nitrogen and oxygen atoms in total. The van der Waals surface area contributed by atoms with Gasteiger partial charge in [0.1, 0.15) is 11.8 Å². The number of hydrogen-bond acceptors (Lipinski definition) is 10. The molecule has 1 aromatic heterocycles. The summed E-state index contributed by atoms with van der Waals surface area (Å²) in [4.78, 5) is 78.5. The Morgan fingerprint density at radius 2 is 1.63 bits per heavy atom. The number of nitrogens with one attached hydrogen (secondary N) is 3. The monoisotopic (exact) mass is 865 g/mol. The number of urea groups is 1. The molecule has 1 fully saturated rings. The largest absolute Gasteiger partial charge is 0.748 e. The van der Waals surface area contributed by atoms with Crippen LogP contribution in [-0.4, -0.2) is 126 Å². The van der Waals surface area contributed by atoms with E-state index in [2.05, 4.69) is 33.4 Å². The Labute approximate surface area is 350 Å². The van der Waals surface area contributed by atoms with E-state index in [-0.39, 0.29) is 50.8 Å². The Morgan fingerprint density at radius 3 is 2.28 bits per heavy atom. The smallest absolute Gasteiger partial charge is 0.737 e. The number of aromatic nitrogens is 1. The molecule has 0 spiro atoms. The van der Waals surface area contributed by atoms with Crippen LogP contribution in [0, 0.1) is 6.92 Å². The highest BCUT2D eigenvalue weighted by Gasteiger charge is 2.54. The molecule has 21 heteroatoms. The minimum Gasteiger partial charge on any atom is -0.748 e. The van der Waals surface area contributed by atoms with Crippen LogP contribution in [0.25, 0.3) is 6.08 Å². The molecule has 0 bridgehead atoms. The highest BCUT2D eigenvalue weighted by atomic mass is 32.2. The van der Waals surface area contributed by atoms with E-state index < -0.39 is 70.9 Å². The minimum atomic E-state index is -5.06. The van der Waals surface area contributed by atoms with Crippen LogP contribution in [0.3, 0.4) is 0 Å². The standard InChI is InChI=1S/C39H58BF2N7O10S/c1-6-7-8-9-10-14-29-24-30(47-33(29)25-32-28(15-13-22-49(3,4)5)23-27(2)46(32)40(47,41)42)17-18-34(50)45-39(55)44-31(26-60(56,57)58)38(54)43-21-12-11-16-37(53)59-48-35(51)19-20-36(48)52/h23-25,31H,6-22,26H2,1-5H3,(H3-,43,44,45,50,54,55,56,57,58). The van der Waals surface area contributed by atoms with E-state index in [1.54, 1.807) is 13.0 Å². The minimum absolute atomic E-state index is 0.0657. The Morgan fingerprint density at radius 1 is 0.950 bits per heavy atom. The summed E-state index contributed by atoms with van der Waals surface area (Å²) in [5, 5.41) is 6.76. The fraction of sp³-hybridized carbons (Fsp3) is 0.615. The molecule has 0 aromatic carbocycles. The molecule has 1 unspecified atom stereocenters. The first-order valence-corrected chi connectivity index (χ1v) is 22.2. The van der Waals surface area contributed by atoms with Crippen molar-refractivity contribution in [3.63, 3.8) is 0 Å².